The molecule has 154 valence electrons. The smallest absolute Gasteiger partial charge is 0.381 e. The number of hydrogen-bond donors (Lipinski definition) is 2. The summed E-state index contributed by atoms with van der Waals surface area (Å²) in [6.07, 6.45) is -0.510. The molecule has 0 amide bonds. The number of halogens is 4. The zero-order chi connectivity index (χ0) is 18.1. The zero-order valence-corrected chi connectivity index (χ0v) is 17.6. The van der Waals surface area contributed by atoms with Crippen LogP contribution in [-0.4, -0.2) is 58.2 Å². The maximum Gasteiger partial charge on any atom is 0.391 e. The summed E-state index contributed by atoms with van der Waals surface area (Å²) in [6, 6.07) is -0.176. The summed E-state index contributed by atoms with van der Waals surface area (Å²) < 4.78 is 49.5. The summed E-state index contributed by atoms with van der Waals surface area (Å²) in [4.78, 5) is 4.11. The van der Waals surface area contributed by atoms with Crippen molar-refractivity contribution in [2.24, 2.45) is 16.8 Å². The minimum Gasteiger partial charge on any atom is -0.381 e. The molecule has 1 saturated carbocycles. The molecule has 2 fully saturated rings. The van der Waals surface area contributed by atoms with Gasteiger partial charge in [-0.25, -0.2) is 0 Å². The maximum atomic E-state index is 12.9. The lowest BCUT2D eigenvalue weighted by molar-refractivity contribution is -0.183. The molecule has 1 aliphatic carbocycles. The highest BCUT2D eigenvalue weighted by Crippen LogP contribution is 2.37. The molecule has 0 aromatic rings. The number of guanidine groups is 1. The van der Waals surface area contributed by atoms with Crippen LogP contribution in [0.3, 0.4) is 0 Å². The Balaban J connectivity index is 0.00000338. The van der Waals surface area contributed by atoms with Crippen LogP contribution in [0.4, 0.5) is 13.2 Å². The Morgan fingerprint density at radius 2 is 2.08 bits per heavy atom. The quantitative estimate of drug-likeness (QED) is 0.247. The molecule has 1 saturated heterocycles. The Morgan fingerprint density at radius 1 is 1.27 bits per heavy atom. The molecule has 2 N–H and O–H groups in total. The molecule has 3 unspecified atom stereocenters. The van der Waals surface area contributed by atoms with Gasteiger partial charge in [-0.1, -0.05) is 6.42 Å². The van der Waals surface area contributed by atoms with E-state index < -0.39 is 12.1 Å². The summed E-state index contributed by atoms with van der Waals surface area (Å²) in [5, 5.41) is 6.28. The molecule has 0 bridgehead atoms. The fourth-order valence-electron chi connectivity index (χ4n) is 3.35. The summed E-state index contributed by atoms with van der Waals surface area (Å²) >= 11 is 0. The van der Waals surface area contributed by atoms with Gasteiger partial charge in [0, 0.05) is 38.8 Å². The summed E-state index contributed by atoms with van der Waals surface area (Å²) in [7, 11) is 1.63. The minimum atomic E-state index is -4.10. The molecule has 0 aromatic carbocycles. The number of rotatable bonds is 7. The number of ether oxygens (including phenoxy) is 2. The van der Waals surface area contributed by atoms with Crippen LogP contribution < -0.4 is 10.6 Å². The Labute approximate surface area is 170 Å². The summed E-state index contributed by atoms with van der Waals surface area (Å²) in [5.74, 6) is -0.128. The van der Waals surface area contributed by atoms with E-state index in [-0.39, 0.29) is 42.9 Å². The first-order chi connectivity index (χ1) is 12.0. The van der Waals surface area contributed by atoms with E-state index in [4.69, 9.17) is 9.47 Å². The van der Waals surface area contributed by atoms with Crippen molar-refractivity contribution in [3.63, 3.8) is 0 Å². The standard InChI is InChI=1S/C17H30F3N3O2.HI/c1-21-16(22-7-3-8-24-11-13-6-9-25-12-13)23-15-5-2-4-14(10-15)17(18,19)20;/h13-15H,2-12H2,1H3,(H2,21,22,23);1H. The van der Waals surface area contributed by atoms with Crippen LogP contribution in [-0.2, 0) is 9.47 Å². The van der Waals surface area contributed by atoms with E-state index in [1.807, 2.05) is 0 Å². The first-order valence-corrected chi connectivity index (χ1v) is 9.18. The predicted molar refractivity (Wildman–Crippen MR) is 106 cm³/mol. The molecule has 0 spiro atoms. The summed E-state index contributed by atoms with van der Waals surface area (Å²) in [6.45, 7) is 3.67. The van der Waals surface area contributed by atoms with Crippen molar-refractivity contribution in [1.82, 2.24) is 10.6 Å². The highest BCUT2D eigenvalue weighted by Gasteiger charge is 2.42. The second kappa shape index (κ2) is 12.2. The number of nitrogens with one attached hydrogen (secondary N) is 2. The van der Waals surface area contributed by atoms with Crippen LogP contribution >= 0.6 is 24.0 Å². The Morgan fingerprint density at radius 3 is 2.73 bits per heavy atom. The van der Waals surface area contributed by atoms with Crippen molar-refractivity contribution in [3.8, 4) is 0 Å². The van der Waals surface area contributed by atoms with Gasteiger partial charge in [-0.3, -0.25) is 4.99 Å². The fraction of sp³-hybridized carbons (Fsp3) is 0.941. The van der Waals surface area contributed by atoms with E-state index in [1.165, 1.54) is 0 Å². The van der Waals surface area contributed by atoms with Gasteiger partial charge in [0.2, 0.25) is 0 Å². The van der Waals surface area contributed by atoms with E-state index in [1.54, 1.807) is 7.05 Å². The Hall–Kier alpha value is -0.290. The zero-order valence-electron chi connectivity index (χ0n) is 15.3. The average molecular weight is 493 g/mol. The van der Waals surface area contributed by atoms with Crippen molar-refractivity contribution >= 4 is 29.9 Å². The van der Waals surface area contributed by atoms with Gasteiger partial charge in [0.25, 0.3) is 0 Å². The molecule has 2 rings (SSSR count). The van der Waals surface area contributed by atoms with Crippen molar-refractivity contribution in [1.29, 1.82) is 0 Å². The highest BCUT2D eigenvalue weighted by atomic mass is 127. The van der Waals surface area contributed by atoms with Crippen LogP contribution in [0.2, 0.25) is 0 Å². The van der Waals surface area contributed by atoms with Gasteiger partial charge in [-0.2, -0.15) is 13.2 Å². The lowest BCUT2D eigenvalue weighted by Crippen LogP contribution is -2.47. The van der Waals surface area contributed by atoms with Crippen LogP contribution in [0.1, 0.15) is 38.5 Å². The fourth-order valence-corrected chi connectivity index (χ4v) is 3.35. The number of hydrogen-bond acceptors (Lipinski definition) is 3. The third kappa shape index (κ3) is 8.60. The lowest BCUT2D eigenvalue weighted by atomic mass is 9.85. The van der Waals surface area contributed by atoms with Gasteiger partial charge in [0.15, 0.2) is 5.96 Å². The second-order valence-electron chi connectivity index (χ2n) is 6.90. The van der Waals surface area contributed by atoms with Crippen LogP contribution in [0.5, 0.6) is 0 Å². The van der Waals surface area contributed by atoms with Gasteiger partial charge in [-0.05, 0) is 32.1 Å². The third-order valence-electron chi connectivity index (χ3n) is 4.84. The van der Waals surface area contributed by atoms with E-state index in [0.29, 0.717) is 31.4 Å². The van der Waals surface area contributed by atoms with E-state index >= 15 is 0 Å². The van der Waals surface area contributed by atoms with Gasteiger partial charge in [-0.15, -0.1) is 24.0 Å². The van der Waals surface area contributed by atoms with Crippen molar-refractivity contribution in [2.45, 2.75) is 50.7 Å². The van der Waals surface area contributed by atoms with Crippen LogP contribution in [0, 0.1) is 11.8 Å². The molecular weight excluding hydrogens is 462 g/mol. The van der Waals surface area contributed by atoms with E-state index in [2.05, 4.69) is 15.6 Å². The lowest BCUT2D eigenvalue weighted by Gasteiger charge is -2.31. The first-order valence-electron chi connectivity index (χ1n) is 9.18. The summed E-state index contributed by atoms with van der Waals surface area (Å²) in [5.41, 5.74) is 0. The van der Waals surface area contributed by atoms with Crippen molar-refractivity contribution in [3.05, 3.63) is 0 Å². The topological polar surface area (TPSA) is 54.9 Å². The number of nitrogens with zero attached hydrogens (tertiary/aromatic N) is 1. The third-order valence-corrected chi connectivity index (χ3v) is 4.84. The Kier molecular flexibility index (Phi) is 11.2. The molecule has 1 heterocycles. The van der Waals surface area contributed by atoms with Gasteiger partial charge >= 0.3 is 6.18 Å². The molecule has 1 aliphatic heterocycles. The number of alkyl halides is 3. The largest absolute Gasteiger partial charge is 0.391 e. The highest BCUT2D eigenvalue weighted by molar-refractivity contribution is 14.0. The van der Waals surface area contributed by atoms with Crippen molar-refractivity contribution in [2.75, 3.05) is 40.0 Å². The van der Waals surface area contributed by atoms with Crippen molar-refractivity contribution < 1.29 is 22.6 Å². The van der Waals surface area contributed by atoms with Gasteiger partial charge in [0.05, 0.1) is 19.1 Å². The van der Waals surface area contributed by atoms with Gasteiger partial charge < -0.3 is 20.1 Å². The van der Waals surface area contributed by atoms with Crippen LogP contribution in [0.15, 0.2) is 4.99 Å². The second-order valence-corrected chi connectivity index (χ2v) is 6.90. The SMILES string of the molecule is CN=C(NCCCOCC1CCOC1)NC1CCCC(C(F)(F)F)C1.I. The molecule has 9 heteroatoms. The molecule has 0 aromatic heterocycles. The molecule has 5 nitrogen and oxygen atoms in total. The normalized spacial score (nSPS) is 27.1. The van der Waals surface area contributed by atoms with Crippen LogP contribution in [0.25, 0.3) is 0 Å². The maximum absolute atomic E-state index is 12.9. The van der Waals surface area contributed by atoms with E-state index in [9.17, 15) is 13.2 Å². The first kappa shape index (κ1) is 23.7. The molecule has 0 radical (unpaired) electrons. The minimum absolute atomic E-state index is 0. The number of aliphatic imine (C=N–C) groups is 1. The van der Waals surface area contributed by atoms with E-state index in [0.717, 1.165) is 39.1 Å². The predicted octanol–water partition coefficient (Wildman–Crippen LogP) is 3.33. The molecule has 26 heavy (non-hydrogen) atoms. The molecule has 3 atom stereocenters. The molecule has 2 aliphatic rings. The average Bonchev–Trinajstić information content (AvgIpc) is 3.09. The Bertz CT molecular complexity index is 419. The monoisotopic (exact) mass is 493 g/mol. The van der Waals surface area contributed by atoms with Gasteiger partial charge in [0.1, 0.15) is 0 Å². The molecular formula is C17H31F3IN3O2.